The molecule has 0 bridgehead atoms. The first-order chi connectivity index (χ1) is 8.29. The van der Waals surface area contributed by atoms with Crippen molar-refractivity contribution in [1.82, 2.24) is 15.2 Å². The summed E-state index contributed by atoms with van der Waals surface area (Å²) < 4.78 is 0. The average Bonchev–Trinajstić information content (AvgIpc) is 2.85. The maximum absolute atomic E-state index is 4.38. The van der Waals surface area contributed by atoms with E-state index in [4.69, 9.17) is 0 Å². The van der Waals surface area contributed by atoms with Crippen molar-refractivity contribution in [3.8, 4) is 0 Å². The Hall–Kier alpha value is -0.930. The fourth-order valence-corrected chi connectivity index (χ4v) is 2.45. The van der Waals surface area contributed by atoms with Gasteiger partial charge < -0.3 is 10.2 Å². The molecule has 0 radical (unpaired) electrons. The van der Waals surface area contributed by atoms with Crippen molar-refractivity contribution in [2.45, 2.75) is 26.3 Å². The second-order valence-electron chi connectivity index (χ2n) is 4.93. The summed E-state index contributed by atoms with van der Waals surface area (Å²) in [5.41, 5.74) is 1.14. The van der Waals surface area contributed by atoms with Crippen molar-refractivity contribution in [2.75, 3.05) is 26.2 Å². The van der Waals surface area contributed by atoms with Crippen LogP contribution in [0.5, 0.6) is 0 Å². The minimum atomic E-state index is 0.354. The van der Waals surface area contributed by atoms with Crippen LogP contribution in [0.2, 0.25) is 0 Å². The molecule has 2 heterocycles. The summed E-state index contributed by atoms with van der Waals surface area (Å²) in [7, 11) is 0. The fraction of sp³-hybridized carbons (Fsp3) is 0.643. The highest BCUT2D eigenvalue weighted by Crippen LogP contribution is 2.16. The van der Waals surface area contributed by atoms with Gasteiger partial charge in [0.1, 0.15) is 0 Å². The molecule has 2 atom stereocenters. The van der Waals surface area contributed by atoms with Crippen LogP contribution < -0.4 is 5.32 Å². The number of nitrogens with zero attached hydrogens (tertiary/aromatic N) is 2. The maximum atomic E-state index is 4.38. The molecule has 1 aliphatic heterocycles. The molecule has 0 saturated carbocycles. The number of nitrogens with one attached hydrogen (secondary N) is 1. The van der Waals surface area contributed by atoms with E-state index in [1.807, 2.05) is 12.3 Å². The monoisotopic (exact) mass is 233 g/mol. The lowest BCUT2D eigenvalue weighted by Gasteiger charge is -2.17. The number of hydrogen-bond acceptors (Lipinski definition) is 3. The largest absolute Gasteiger partial charge is 0.309 e. The summed E-state index contributed by atoms with van der Waals surface area (Å²) in [6.45, 7) is 9.24. The van der Waals surface area contributed by atoms with Gasteiger partial charge >= 0.3 is 0 Å². The second-order valence-corrected chi connectivity index (χ2v) is 4.93. The Labute approximate surface area is 104 Å². The van der Waals surface area contributed by atoms with Gasteiger partial charge in [-0.25, -0.2) is 0 Å². The zero-order valence-electron chi connectivity index (χ0n) is 10.9. The van der Waals surface area contributed by atoms with Crippen molar-refractivity contribution in [3.05, 3.63) is 30.1 Å². The number of likely N-dealkylation sites (tertiary alicyclic amines) is 1. The molecule has 1 aromatic heterocycles. The predicted octanol–water partition coefficient (Wildman–Crippen LogP) is 2.07. The number of rotatable bonds is 5. The van der Waals surface area contributed by atoms with Gasteiger partial charge in [0, 0.05) is 18.8 Å². The number of aromatic nitrogens is 1. The first-order valence-electron chi connectivity index (χ1n) is 6.66. The van der Waals surface area contributed by atoms with Crippen molar-refractivity contribution >= 4 is 0 Å². The molecule has 0 unspecified atom stereocenters. The predicted molar refractivity (Wildman–Crippen MR) is 70.9 cm³/mol. The molecule has 17 heavy (non-hydrogen) atoms. The van der Waals surface area contributed by atoms with Crippen molar-refractivity contribution < 1.29 is 0 Å². The summed E-state index contributed by atoms with van der Waals surface area (Å²) in [6.07, 6.45) is 3.19. The van der Waals surface area contributed by atoms with E-state index in [0.29, 0.717) is 6.04 Å². The molecule has 0 amide bonds. The molecule has 2 rings (SSSR count). The van der Waals surface area contributed by atoms with E-state index in [1.165, 1.54) is 26.1 Å². The van der Waals surface area contributed by atoms with Gasteiger partial charge in [-0.05, 0) is 51.0 Å². The standard InChI is InChI=1S/C14H23N3/c1-3-17-9-7-13(11-17)10-16-12(2)14-6-4-5-8-15-14/h4-6,8,12-13,16H,3,7,9-11H2,1-2H3/t12-,13-/m1/s1. The molecule has 1 saturated heterocycles. The zero-order valence-corrected chi connectivity index (χ0v) is 10.9. The van der Waals surface area contributed by atoms with E-state index in [2.05, 4.69) is 41.2 Å². The first-order valence-corrected chi connectivity index (χ1v) is 6.66. The van der Waals surface area contributed by atoms with Crippen LogP contribution in [0.3, 0.4) is 0 Å². The molecule has 1 aromatic rings. The molecule has 3 heteroatoms. The Morgan fingerprint density at radius 3 is 3.06 bits per heavy atom. The summed E-state index contributed by atoms with van der Waals surface area (Å²) in [5, 5.41) is 3.60. The van der Waals surface area contributed by atoms with Crippen LogP contribution in [-0.4, -0.2) is 36.1 Å². The summed E-state index contributed by atoms with van der Waals surface area (Å²) in [6, 6.07) is 6.46. The Kier molecular flexibility index (Phi) is 4.51. The highest BCUT2D eigenvalue weighted by atomic mass is 15.1. The van der Waals surface area contributed by atoms with E-state index >= 15 is 0 Å². The van der Waals surface area contributed by atoms with Gasteiger partial charge in [-0.3, -0.25) is 4.98 Å². The molecule has 1 N–H and O–H groups in total. The van der Waals surface area contributed by atoms with Crippen LogP contribution in [0.4, 0.5) is 0 Å². The van der Waals surface area contributed by atoms with E-state index in [0.717, 1.165) is 18.2 Å². The Morgan fingerprint density at radius 2 is 2.41 bits per heavy atom. The van der Waals surface area contributed by atoms with Gasteiger partial charge in [-0.1, -0.05) is 13.0 Å². The Balaban J connectivity index is 1.75. The van der Waals surface area contributed by atoms with E-state index in [9.17, 15) is 0 Å². The average molecular weight is 233 g/mol. The fourth-order valence-electron chi connectivity index (χ4n) is 2.45. The SMILES string of the molecule is CCN1CC[C@H](CN[C@H](C)c2ccccn2)C1. The topological polar surface area (TPSA) is 28.2 Å². The second kappa shape index (κ2) is 6.12. The molecule has 0 aromatic carbocycles. The van der Waals surface area contributed by atoms with E-state index in [-0.39, 0.29) is 0 Å². The summed E-state index contributed by atoms with van der Waals surface area (Å²) >= 11 is 0. The Bertz CT molecular complexity index is 325. The van der Waals surface area contributed by atoms with Gasteiger partial charge in [0.05, 0.1) is 5.69 Å². The third-order valence-corrected chi connectivity index (χ3v) is 3.66. The van der Waals surface area contributed by atoms with Gasteiger partial charge in [0.25, 0.3) is 0 Å². The lowest BCUT2D eigenvalue weighted by molar-refractivity contribution is 0.336. The van der Waals surface area contributed by atoms with E-state index < -0.39 is 0 Å². The van der Waals surface area contributed by atoms with E-state index in [1.54, 1.807) is 0 Å². The molecule has 1 fully saturated rings. The van der Waals surface area contributed by atoms with Gasteiger partial charge in [0.2, 0.25) is 0 Å². The zero-order chi connectivity index (χ0) is 12.1. The minimum Gasteiger partial charge on any atom is -0.309 e. The molecule has 94 valence electrons. The molecule has 3 nitrogen and oxygen atoms in total. The lowest BCUT2D eigenvalue weighted by atomic mass is 10.1. The maximum Gasteiger partial charge on any atom is 0.0570 e. The van der Waals surface area contributed by atoms with Crippen LogP contribution in [0, 0.1) is 5.92 Å². The number of pyridine rings is 1. The van der Waals surface area contributed by atoms with Crippen molar-refractivity contribution in [1.29, 1.82) is 0 Å². The quantitative estimate of drug-likeness (QED) is 0.844. The summed E-state index contributed by atoms with van der Waals surface area (Å²) in [4.78, 5) is 6.91. The Morgan fingerprint density at radius 1 is 1.53 bits per heavy atom. The van der Waals surface area contributed by atoms with Crippen LogP contribution >= 0.6 is 0 Å². The van der Waals surface area contributed by atoms with Gasteiger partial charge in [-0.15, -0.1) is 0 Å². The third kappa shape index (κ3) is 3.51. The van der Waals surface area contributed by atoms with Crippen LogP contribution in [-0.2, 0) is 0 Å². The van der Waals surface area contributed by atoms with Crippen molar-refractivity contribution in [3.63, 3.8) is 0 Å². The highest BCUT2D eigenvalue weighted by Gasteiger charge is 2.21. The lowest BCUT2D eigenvalue weighted by Crippen LogP contribution is -2.28. The highest BCUT2D eigenvalue weighted by molar-refractivity contribution is 5.07. The van der Waals surface area contributed by atoms with Gasteiger partial charge in [-0.2, -0.15) is 0 Å². The van der Waals surface area contributed by atoms with Gasteiger partial charge in [0.15, 0.2) is 0 Å². The van der Waals surface area contributed by atoms with Crippen LogP contribution in [0.1, 0.15) is 32.0 Å². The van der Waals surface area contributed by atoms with Crippen LogP contribution in [0.25, 0.3) is 0 Å². The normalized spacial score (nSPS) is 22.8. The first kappa shape index (κ1) is 12.5. The molecule has 1 aliphatic rings. The number of hydrogen-bond donors (Lipinski definition) is 1. The smallest absolute Gasteiger partial charge is 0.0570 e. The summed E-state index contributed by atoms with van der Waals surface area (Å²) in [5.74, 6) is 0.807. The molecular formula is C14H23N3. The third-order valence-electron chi connectivity index (χ3n) is 3.66. The molecule has 0 spiro atoms. The van der Waals surface area contributed by atoms with Crippen molar-refractivity contribution in [2.24, 2.45) is 5.92 Å². The molecule has 0 aliphatic carbocycles. The minimum absolute atomic E-state index is 0.354. The molecular weight excluding hydrogens is 210 g/mol. The van der Waals surface area contributed by atoms with Crippen LogP contribution in [0.15, 0.2) is 24.4 Å².